The molecule has 4 nitrogen and oxygen atoms in total. The number of hydrogen-bond acceptors (Lipinski definition) is 3. The predicted molar refractivity (Wildman–Crippen MR) is 73.6 cm³/mol. The van der Waals surface area contributed by atoms with Gasteiger partial charge in [-0.05, 0) is 5.92 Å². The Morgan fingerprint density at radius 2 is 1.88 bits per heavy atom. The van der Waals surface area contributed by atoms with Crippen LogP contribution in [0.15, 0.2) is 0 Å². The highest BCUT2D eigenvalue weighted by Gasteiger charge is 2.16. The van der Waals surface area contributed by atoms with Gasteiger partial charge in [-0.15, -0.1) is 12.4 Å². The fourth-order valence-electron chi connectivity index (χ4n) is 1.74. The van der Waals surface area contributed by atoms with Crippen LogP contribution in [0.25, 0.3) is 0 Å². The molecule has 1 fully saturated rings. The summed E-state index contributed by atoms with van der Waals surface area (Å²) in [5.74, 6) is 0.715. The topological polar surface area (TPSA) is 44.4 Å². The van der Waals surface area contributed by atoms with Crippen molar-refractivity contribution in [1.29, 1.82) is 0 Å². The smallest absolute Gasteiger partial charge is 0.223 e. The summed E-state index contributed by atoms with van der Waals surface area (Å²) in [7, 11) is 0. The fraction of sp³-hybridized carbons (Fsp3) is 0.917. The highest BCUT2D eigenvalue weighted by Crippen LogP contribution is 2.08. The number of piperazine rings is 1. The zero-order valence-electron chi connectivity index (χ0n) is 11.2. The zero-order valence-corrected chi connectivity index (χ0v) is 12.0. The summed E-state index contributed by atoms with van der Waals surface area (Å²) in [5, 5.41) is 6.33. The molecule has 1 unspecified atom stereocenters. The molecule has 0 bridgehead atoms. The maximum Gasteiger partial charge on any atom is 0.223 e. The van der Waals surface area contributed by atoms with Crippen LogP contribution in [0.3, 0.4) is 0 Å². The van der Waals surface area contributed by atoms with E-state index in [1.807, 2.05) is 6.92 Å². The third-order valence-electron chi connectivity index (χ3n) is 3.35. The Kier molecular flexibility index (Phi) is 8.56. The minimum Gasteiger partial charge on any atom is -0.355 e. The normalized spacial score (nSPS) is 18.6. The van der Waals surface area contributed by atoms with E-state index in [9.17, 15) is 4.79 Å². The van der Waals surface area contributed by atoms with Crippen molar-refractivity contribution < 1.29 is 4.79 Å². The van der Waals surface area contributed by atoms with Crippen LogP contribution in [0.1, 0.15) is 20.8 Å². The molecule has 1 atom stereocenters. The van der Waals surface area contributed by atoms with Crippen molar-refractivity contribution in [2.75, 3.05) is 39.3 Å². The Hall–Kier alpha value is -0.320. The van der Waals surface area contributed by atoms with Gasteiger partial charge in [0, 0.05) is 45.2 Å². The van der Waals surface area contributed by atoms with E-state index >= 15 is 0 Å². The maximum absolute atomic E-state index is 11.7. The monoisotopic (exact) mass is 263 g/mol. The molecule has 1 rings (SSSR count). The van der Waals surface area contributed by atoms with Crippen molar-refractivity contribution in [1.82, 2.24) is 15.5 Å². The Labute approximate surface area is 111 Å². The molecule has 0 radical (unpaired) electrons. The van der Waals surface area contributed by atoms with Gasteiger partial charge >= 0.3 is 0 Å². The number of halogens is 1. The molecular weight excluding hydrogens is 238 g/mol. The quantitative estimate of drug-likeness (QED) is 0.768. The number of carbonyl (C=O) groups excluding carboxylic acids is 1. The SMILES string of the molecule is CC(C)C(C)C(=O)NCCN1CCNCC1.Cl. The van der Waals surface area contributed by atoms with E-state index in [-0.39, 0.29) is 24.2 Å². The second-order valence-corrected chi connectivity index (χ2v) is 4.92. The molecular formula is C12H26ClN3O. The van der Waals surface area contributed by atoms with Crippen molar-refractivity contribution in [3.8, 4) is 0 Å². The summed E-state index contributed by atoms with van der Waals surface area (Å²) in [6, 6.07) is 0. The molecule has 1 saturated heterocycles. The molecule has 0 aromatic rings. The lowest BCUT2D eigenvalue weighted by Gasteiger charge is -2.27. The summed E-state index contributed by atoms with van der Waals surface area (Å²) >= 11 is 0. The molecule has 1 aliphatic heterocycles. The summed E-state index contributed by atoms with van der Waals surface area (Å²) in [6.07, 6.45) is 0. The molecule has 0 aliphatic carbocycles. The number of nitrogens with zero attached hydrogens (tertiary/aromatic N) is 1. The van der Waals surface area contributed by atoms with Gasteiger partial charge in [0.15, 0.2) is 0 Å². The molecule has 0 aromatic heterocycles. The second-order valence-electron chi connectivity index (χ2n) is 4.92. The molecule has 1 aliphatic rings. The van der Waals surface area contributed by atoms with Crippen molar-refractivity contribution in [3.63, 3.8) is 0 Å². The molecule has 5 heteroatoms. The Balaban J connectivity index is 0.00000256. The van der Waals surface area contributed by atoms with Gasteiger partial charge < -0.3 is 10.6 Å². The van der Waals surface area contributed by atoms with E-state index < -0.39 is 0 Å². The number of amides is 1. The first-order chi connectivity index (χ1) is 7.61. The lowest BCUT2D eigenvalue weighted by atomic mass is 9.97. The van der Waals surface area contributed by atoms with Crippen molar-refractivity contribution in [2.24, 2.45) is 11.8 Å². The van der Waals surface area contributed by atoms with Gasteiger partial charge in [-0.25, -0.2) is 0 Å². The first-order valence-electron chi connectivity index (χ1n) is 6.32. The average Bonchev–Trinajstić information content (AvgIpc) is 2.29. The van der Waals surface area contributed by atoms with E-state index in [0.29, 0.717) is 5.92 Å². The largest absolute Gasteiger partial charge is 0.355 e. The lowest BCUT2D eigenvalue weighted by molar-refractivity contribution is -0.125. The average molecular weight is 264 g/mol. The zero-order chi connectivity index (χ0) is 12.0. The van der Waals surface area contributed by atoms with E-state index in [0.717, 1.165) is 39.3 Å². The van der Waals surface area contributed by atoms with Crippen LogP contribution in [0, 0.1) is 11.8 Å². The third kappa shape index (κ3) is 6.24. The molecule has 17 heavy (non-hydrogen) atoms. The summed E-state index contributed by atoms with van der Waals surface area (Å²) < 4.78 is 0. The van der Waals surface area contributed by atoms with Gasteiger partial charge in [0.2, 0.25) is 5.91 Å². The van der Waals surface area contributed by atoms with Crippen LogP contribution in [0.5, 0.6) is 0 Å². The van der Waals surface area contributed by atoms with Gasteiger partial charge in [0.1, 0.15) is 0 Å². The highest BCUT2D eigenvalue weighted by atomic mass is 35.5. The standard InChI is InChI=1S/C12H25N3O.ClH/c1-10(2)11(3)12(16)14-6-9-15-7-4-13-5-8-15;/h10-11,13H,4-9H2,1-3H3,(H,14,16);1H. The van der Waals surface area contributed by atoms with Crippen LogP contribution >= 0.6 is 12.4 Å². The van der Waals surface area contributed by atoms with Gasteiger partial charge in [-0.2, -0.15) is 0 Å². The highest BCUT2D eigenvalue weighted by molar-refractivity contribution is 5.85. The minimum atomic E-state index is 0. The summed E-state index contributed by atoms with van der Waals surface area (Å²) in [4.78, 5) is 14.1. The molecule has 0 aromatic carbocycles. The maximum atomic E-state index is 11.7. The lowest BCUT2D eigenvalue weighted by Crippen LogP contribution is -2.46. The first kappa shape index (κ1) is 16.7. The van der Waals surface area contributed by atoms with E-state index in [2.05, 4.69) is 29.4 Å². The molecule has 1 amide bonds. The fourth-order valence-corrected chi connectivity index (χ4v) is 1.74. The predicted octanol–water partition coefficient (Wildman–Crippen LogP) is 0.722. The van der Waals surface area contributed by atoms with Crippen molar-refractivity contribution in [3.05, 3.63) is 0 Å². The van der Waals surface area contributed by atoms with Gasteiger partial charge in [-0.1, -0.05) is 20.8 Å². The van der Waals surface area contributed by atoms with Crippen LogP contribution in [-0.2, 0) is 4.79 Å². The Bertz CT molecular complexity index is 218. The van der Waals surface area contributed by atoms with E-state index in [1.54, 1.807) is 0 Å². The number of hydrogen-bond donors (Lipinski definition) is 2. The Morgan fingerprint density at radius 3 is 2.41 bits per heavy atom. The Morgan fingerprint density at radius 1 is 1.29 bits per heavy atom. The summed E-state index contributed by atoms with van der Waals surface area (Å²) in [6.45, 7) is 12.2. The van der Waals surface area contributed by atoms with Gasteiger partial charge in [-0.3, -0.25) is 9.69 Å². The molecule has 0 saturated carbocycles. The van der Waals surface area contributed by atoms with Crippen LogP contribution in [0.4, 0.5) is 0 Å². The molecule has 1 heterocycles. The third-order valence-corrected chi connectivity index (χ3v) is 3.35. The number of carbonyl (C=O) groups is 1. The van der Waals surface area contributed by atoms with E-state index in [4.69, 9.17) is 0 Å². The van der Waals surface area contributed by atoms with Gasteiger partial charge in [0.05, 0.1) is 0 Å². The van der Waals surface area contributed by atoms with Crippen molar-refractivity contribution >= 4 is 18.3 Å². The number of rotatable bonds is 5. The molecule has 2 N–H and O–H groups in total. The van der Waals surface area contributed by atoms with Gasteiger partial charge in [0.25, 0.3) is 0 Å². The molecule has 102 valence electrons. The minimum absolute atomic E-state index is 0. The van der Waals surface area contributed by atoms with Crippen LogP contribution < -0.4 is 10.6 Å². The second kappa shape index (κ2) is 8.72. The van der Waals surface area contributed by atoms with E-state index in [1.165, 1.54) is 0 Å². The van der Waals surface area contributed by atoms with Crippen molar-refractivity contribution in [2.45, 2.75) is 20.8 Å². The van der Waals surface area contributed by atoms with Crippen LogP contribution in [-0.4, -0.2) is 50.1 Å². The summed E-state index contributed by atoms with van der Waals surface area (Å²) in [5.41, 5.74) is 0. The number of nitrogens with one attached hydrogen (secondary N) is 2. The van der Waals surface area contributed by atoms with Crippen LogP contribution in [0.2, 0.25) is 0 Å². The molecule has 0 spiro atoms. The first-order valence-corrected chi connectivity index (χ1v) is 6.32.